The molecule has 0 spiro atoms. The third-order valence-electron chi connectivity index (χ3n) is 6.06. The molecule has 0 N–H and O–H groups in total. The van der Waals surface area contributed by atoms with Gasteiger partial charge in [0.15, 0.2) is 0 Å². The number of nitrogens with zero attached hydrogens (tertiary/aromatic N) is 3. The van der Waals surface area contributed by atoms with Crippen LogP contribution in [0.15, 0.2) is 24.3 Å². The zero-order chi connectivity index (χ0) is 20.1. The van der Waals surface area contributed by atoms with Gasteiger partial charge in [0.25, 0.3) is 0 Å². The van der Waals surface area contributed by atoms with Crippen LogP contribution in [0.25, 0.3) is 0 Å². The Morgan fingerprint density at radius 1 is 1.14 bits per heavy atom. The molecular weight excluding hydrogens is 354 g/mol. The number of carbonyl (C=O) groups excluding carboxylic acids is 2. The second kappa shape index (κ2) is 9.09. The van der Waals surface area contributed by atoms with Gasteiger partial charge in [-0.2, -0.15) is 5.26 Å². The van der Waals surface area contributed by atoms with Crippen molar-refractivity contribution in [3.63, 3.8) is 0 Å². The summed E-state index contributed by atoms with van der Waals surface area (Å²) in [5.41, 5.74) is 2.43. The average molecular weight is 383 g/mol. The SMILES string of the molecule is CCc1ccc(C2CC(C(=O)OC)CN(C(=O)N3CCC(C#N)CC3)C2)cc1. The van der Waals surface area contributed by atoms with Crippen molar-refractivity contribution in [3.05, 3.63) is 35.4 Å². The minimum absolute atomic E-state index is 0.0276. The van der Waals surface area contributed by atoms with E-state index >= 15 is 0 Å². The molecule has 2 fully saturated rings. The first kappa shape index (κ1) is 20.2. The molecule has 1 aromatic carbocycles. The van der Waals surface area contributed by atoms with Crippen LogP contribution in [0, 0.1) is 23.2 Å². The minimum atomic E-state index is -0.310. The highest BCUT2D eigenvalue weighted by atomic mass is 16.5. The Morgan fingerprint density at radius 2 is 1.82 bits per heavy atom. The quantitative estimate of drug-likeness (QED) is 0.752. The van der Waals surface area contributed by atoms with Crippen LogP contribution in [0.4, 0.5) is 4.79 Å². The van der Waals surface area contributed by atoms with Crippen LogP contribution in [-0.2, 0) is 16.0 Å². The molecule has 0 saturated carbocycles. The lowest BCUT2D eigenvalue weighted by molar-refractivity contribution is -0.147. The highest BCUT2D eigenvalue weighted by Crippen LogP contribution is 2.32. The first-order chi connectivity index (χ1) is 13.5. The van der Waals surface area contributed by atoms with Gasteiger partial charge >= 0.3 is 12.0 Å². The fourth-order valence-electron chi connectivity index (χ4n) is 4.26. The van der Waals surface area contributed by atoms with Crippen LogP contribution in [-0.4, -0.2) is 55.1 Å². The molecule has 2 unspecified atom stereocenters. The number of aryl methyl sites for hydroxylation is 1. The molecule has 1 aromatic rings. The van der Waals surface area contributed by atoms with Gasteiger partial charge in [-0.3, -0.25) is 4.79 Å². The third-order valence-corrected chi connectivity index (χ3v) is 6.06. The fraction of sp³-hybridized carbons (Fsp3) is 0.591. The number of urea groups is 1. The maximum Gasteiger partial charge on any atom is 0.320 e. The Balaban J connectivity index is 1.75. The monoisotopic (exact) mass is 383 g/mol. The number of rotatable bonds is 3. The van der Waals surface area contributed by atoms with Gasteiger partial charge in [0.05, 0.1) is 19.1 Å². The number of carbonyl (C=O) groups is 2. The molecule has 2 atom stereocenters. The molecule has 2 saturated heterocycles. The Hall–Kier alpha value is -2.55. The molecule has 2 aliphatic heterocycles. The number of benzene rings is 1. The summed E-state index contributed by atoms with van der Waals surface area (Å²) in [5.74, 6) is -0.409. The second-order valence-corrected chi connectivity index (χ2v) is 7.83. The predicted molar refractivity (Wildman–Crippen MR) is 106 cm³/mol. The number of hydrogen-bond acceptors (Lipinski definition) is 4. The molecule has 28 heavy (non-hydrogen) atoms. The van der Waals surface area contributed by atoms with E-state index in [1.54, 1.807) is 4.90 Å². The van der Waals surface area contributed by atoms with Crippen LogP contribution >= 0.6 is 0 Å². The lowest BCUT2D eigenvalue weighted by atomic mass is 9.84. The molecule has 2 heterocycles. The molecule has 0 aromatic heterocycles. The number of nitriles is 1. The minimum Gasteiger partial charge on any atom is -0.469 e. The van der Waals surface area contributed by atoms with E-state index in [-0.39, 0.29) is 29.8 Å². The van der Waals surface area contributed by atoms with Crippen LogP contribution in [0.3, 0.4) is 0 Å². The highest BCUT2D eigenvalue weighted by molar-refractivity contribution is 5.77. The van der Waals surface area contributed by atoms with E-state index in [2.05, 4.69) is 37.3 Å². The molecule has 0 bridgehead atoms. The van der Waals surface area contributed by atoms with E-state index in [1.165, 1.54) is 12.7 Å². The van der Waals surface area contributed by atoms with Gasteiger partial charge in [-0.1, -0.05) is 31.2 Å². The van der Waals surface area contributed by atoms with Crippen molar-refractivity contribution in [2.24, 2.45) is 11.8 Å². The number of methoxy groups -OCH3 is 1. The Labute approximate surface area is 167 Å². The Bertz CT molecular complexity index is 732. The Morgan fingerprint density at radius 3 is 2.39 bits per heavy atom. The third kappa shape index (κ3) is 4.46. The maximum atomic E-state index is 13.1. The summed E-state index contributed by atoms with van der Waals surface area (Å²) < 4.78 is 4.99. The van der Waals surface area contributed by atoms with Crippen LogP contribution in [0.5, 0.6) is 0 Å². The molecule has 3 rings (SSSR count). The molecule has 150 valence electrons. The summed E-state index contributed by atoms with van der Waals surface area (Å²) >= 11 is 0. The lowest BCUT2D eigenvalue weighted by Crippen LogP contribution is -2.52. The summed E-state index contributed by atoms with van der Waals surface area (Å²) in [6.07, 6.45) is 3.12. The van der Waals surface area contributed by atoms with Crippen molar-refractivity contribution < 1.29 is 14.3 Å². The summed E-state index contributed by atoms with van der Waals surface area (Å²) in [6, 6.07) is 10.7. The van der Waals surface area contributed by atoms with Crippen LogP contribution < -0.4 is 0 Å². The number of ether oxygens (including phenoxy) is 1. The van der Waals surface area contributed by atoms with Crippen LogP contribution in [0.2, 0.25) is 0 Å². The summed E-state index contributed by atoms with van der Waals surface area (Å²) in [5, 5.41) is 9.07. The van der Waals surface area contributed by atoms with Crippen molar-refractivity contribution in [2.75, 3.05) is 33.3 Å². The zero-order valence-electron chi connectivity index (χ0n) is 16.8. The van der Waals surface area contributed by atoms with E-state index in [4.69, 9.17) is 10.00 Å². The molecule has 6 heteroatoms. The summed E-state index contributed by atoms with van der Waals surface area (Å²) in [4.78, 5) is 29.0. The normalized spacial score (nSPS) is 23.2. The number of amides is 2. The van der Waals surface area contributed by atoms with Gasteiger partial charge in [-0.05, 0) is 36.8 Å². The lowest BCUT2D eigenvalue weighted by Gasteiger charge is -2.40. The topological polar surface area (TPSA) is 73.6 Å². The molecule has 2 aliphatic rings. The van der Waals surface area contributed by atoms with Crippen LogP contribution in [0.1, 0.15) is 43.2 Å². The number of likely N-dealkylation sites (tertiary alicyclic amines) is 2. The van der Waals surface area contributed by atoms with E-state index in [0.717, 1.165) is 24.8 Å². The van der Waals surface area contributed by atoms with Gasteiger partial charge in [-0.25, -0.2) is 4.79 Å². The van der Waals surface area contributed by atoms with Crippen molar-refractivity contribution in [2.45, 2.75) is 38.5 Å². The van der Waals surface area contributed by atoms with E-state index < -0.39 is 0 Å². The number of piperidine rings is 2. The predicted octanol–water partition coefficient (Wildman–Crippen LogP) is 3.18. The van der Waals surface area contributed by atoms with E-state index in [0.29, 0.717) is 32.6 Å². The van der Waals surface area contributed by atoms with Crippen molar-refractivity contribution in [1.82, 2.24) is 9.80 Å². The van der Waals surface area contributed by atoms with Gasteiger partial charge in [0.2, 0.25) is 0 Å². The van der Waals surface area contributed by atoms with Gasteiger partial charge in [0.1, 0.15) is 0 Å². The molecule has 0 aliphatic carbocycles. The Kier molecular flexibility index (Phi) is 6.56. The number of hydrogen-bond donors (Lipinski definition) is 0. The largest absolute Gasteiger partial charge is 0.469 e. The van der Waals surface area contributed by atoms with Gasteiger partial charge in [-0.15, -0.1) is 0 Å². The first-order valence-corrected chi connectivity index (χ1v) is 10.2. The summed E-state index contributed by atoms with van der Waals surface area (Å²) in [6.45, 7) is 4.33. The van der Waals surface area contributed by atoms with Crippen molar-refractivity contribution in [1.29, 1.82) is 5.26 Å². The molecule has 0 radical (unpaired) electrons. The molecule has 6 nitrogen and oxygen atoms in total. The average Bonchev–Trinajstić information content (AvgIpc) is 2.77. The molecular formula is C22H29N3O3. The van der Waals surface area contributed by atoms with Gasteiger partial charge < -0.3 is 14.5 Å². The van der Waals surface area contributed by atoms with E-state index in [1.807, 2.05) is 4.90 Å². The van der Waals surface area contributed by atoms with Crippen molar-refractivity contribution >= 4 is 12.0 Å². The fourth-order valence-corrected chi connectivity index (χ4v) is 4.26. The maximum absolute atomic E-state index is 13.1. The second-order valence-electron chi connectivity index (χ2n) is 7.83. The zero-order valence-corrected chi connectivity index (χ0v) is 16.8. The molecule has 2 amide bonds. The highest BCUT2D eigenvalue weighted by Gasteiger charge is 2.37. The summed E-state index contributed by atoms with van der Waals surface area (Å²) in [7, 11) is 1.40. The first-order valence-electron chi connectivity index (χ1n) is 10.2. The van der Waals surface area contributed by atoms with Gasteiger partial charge in [0, 0.05) is 38.0 Å². The van der Waals surface area contributed by atoms with E-state index in [9.17, 15) is 9.59 Å². The van der Waals surface area contributed by atoms with Crippen molar-refractivity contribution in [3.8, 4) is 6.07 Å². The number of esters is 1. The smallest absolute Gasteiger partial charge is 0.320 e. The standard InChI is InChI=1S/C22H29N3O3/c1-3-16-4-6-18(7-5-16)19-12-20(21(26)28-2)15-25(14-19)22(27)24-10-8-17(13-23)9-11-24/h4-7,17,19-20H,3,8-12,14-15H2,1-2H3.